The number of tetrazole rings is 1. The summed E-state index contributed by atoms with van der Waals surface area (Å²) in [5.41, 5.74) is 4.26. The number of halogens is 1. The summed E-state index contributed by atoms with van der Waals surface area (Å²) >= 11 is 6.21. The number of aromatic nitrogens is 5. The van der Waals surface area contributed by atoms with E-state index >= 15 is 0 Å². The van der Waals surface area contributed by atoms with Gasteiger partial charge in [0, 0.05) is 41.2 Å². The van der Waals surface area contributed by atoms with E-state index < -0.39 is 6.04 Å². The van der Waals surface area contributed by atoms with E-state index in [0.717, 1.165) is 53.5 Å². The summed E-state index contributed by atoms with van der Waals surface area (Å²) < 4.78 is 7.97. The second-order valence-electron chi connectivity index (χ2n) is 11.3. The first-order valence-corrected chi connectivity index (χ1v) is 14.1. The van der Waals surface area contributed by atoms with Crippen molar-refractivity contribution in [3.63, 3.8) is 0 Å². The van der Waals surface area contributed by atoms with Gasteiger partial charge in [0.15, 0.2) is 5.82 Å². The molecule has 5 rings (SSSR count). The van der Waals surface area contributed by atoms with Crippen LogP contribution >= 0.6 is 11.6 Å². The van der Waals surface area contributed by atoms with Gasteiger partial charge < -0.3 is 9.72 Å². The van der Waals surface area contributed by atoms with Crippen molar-refractivity contribution >= 4 is 22.5 Å². The topological polar surface area (TPSA) is 88.9 Å². The molecule has 0 saturated carbocycles. The van der Waals surface area contributed by atoms with Crippen LogP contribution in [-0.4, -0.2) is 49.3 Å². The minimum Gasteiger partial charge on any atom is -0.377 e. The van der Waals surface area contributed by atoms with E-state index in [4.69, 9.17) is 16.3 Å². The maximum absolute atomic E-state index is 13.9. The lowest BCUT2D eigenvalue weighted by Gasteiger charge is -2.35. The number of benzene rings is 2. The third kappa shape index (κ3) is 5.78. The number of aromatic amines is 1. The fourth-order valence-electron chi connectivity index (χ4n) is 5.47. The smallest absolute Gasteiger partial charge is 0.253 e. The van der Waals surface area contributed by atoms with Gasteiger partial charge in [-0.15, -0.1) is 5.10 Å². The fourth-order valence-corrected chi connectivity index (χ4v) is 5.60. The van der Waals surface area contributed by atoms with E-state index in [0.29, 0.717) is 29.5 Å². The molecule has 1 aliphatic rings. The van der Waals surface area contributed by atoms with E-state index in [-0.39, 0.29) is 17.2 Å². The zero-order chi connectivity index (χ0) is 27.7. The van der Waals surface area contributed by atoms with Crippen molar-refractivity contribution in [1.82, 2.24) is 30.1 Å². The summed E-state index contributed by atoms with van der Waals surface area (Å²) in [5, 5.41) is 14.8. The number of nitrogens with zero attached hydrogens (tertiary/aromatic N) is 5. The molecule has 1 N–H and O–H groups in total. The second-order valence-corrected chi connectivity index (χ2v) is 11.7. The lowest BCUT2D eigenvalue weighted by molar-refractivity contribution is 0.0562. The van der Waals surface area contributed by atoms with Gasteiger partial charge in [0.25, 0.3) is 5.56 Å². The molecular weight excluding hydrogens is 512 g/mol. The molecule has 39 heavy (non-hydrogen) atoms. The van der Waals surface area contributed by atoms with Crippen LogP contribution < -0.4 is 5.56 Å². The minimum atomic E-state index is -0.500. The Kier molecular flexibility index (Phi) is 7.89. The summed E-state index contributed by atoms with van der Waals surface area (Å²) in [4.78, 5) is 19.3. The number of pyridine rings is 1. The maximum Gasteiger partial charge on any atom is 0.253 e. The number of H-pyrrole nitrogens is 1. The molecule has 0 bridgehead atoms. The van der Waals surface area contributed by atoms with Crippen molar-refractivity contribution in [1.29, 1.82) is 0 Å². The van der Waals surface area contributed by atoms with Gasteiger partial charge in [-0.1, -0.05) is 36.7 Å². The molecule has 1 fully saturated rings. The second kappa shape index (κ2) is 11.2. The van der Waals surface area contributed by atoms with Gasteiger partial charge >= 0.3 is 0 Å². The maximum atomic E-state index is 13.9. The predicted molar refractivity (Wildman–Crippen MR) is 154 cm³/mol. The molecule has 4 aromatic rings. The van der Waals surface area contributed by atoms with E-state index in [1.165, 1.54) is 0 Å². The van der Waals surface area contributed by atoms with Crippen LogP contribution in [0.4, 0.5) is 0 Å². The van der Waals surface area contributed by atoms with Gasteiger partial charge in [-0.2, -0.15) is 0 Å². The molecule has 2 aromatic heterocycles. The van der Waals surface area contributed by atoms with Crippen LogP contribution in [0.15, 0.2) is 47.3 Å². The molecule has 206 valence electrons. The van der Waals surface area contributed by atoms with Crippen molar-refractivity contribution in [3.05, 3.63) is 85.9 Å². The van der Waals surface area contributed by atoms with Crippen LogP contribution in [0.2, 0.25) is 5.02 Å². The van der Waals surface area contributed by atoms with E-state index in [1.54, 1.807) is 0 Å². The number of hydrogen-bond donors (Lipinski definition) is 1. The molecule has 8 nitrogen and oxygen atoms in total. The fraction of sp³-hybridized carbons (Fsp3) is 0.467. The normalized spacial score (nSPS) is 16.8. The van der Waals surface area contributed by atoms with Gasteiger partial charge in [-0.05, 0) is 98.3 Å². The van der Waals surface area contributed by atoms with Crippen molar-refractivity contribution in [2.45, 2.75) is 78.1 Å². The summed E-state index contributed by atoms with van der Waals surface area (Å²) in [5.74, 6) is 0.642. The first kappa shape index (κ1) is 27.5. The third-order valence-electron chi connectivity index (χ3n) is 7.94. The lowest BCUT2D eigenvalue weighted by atomic mass is 9.97. The Morgan fingerprint density at radius 1 is 1.21 bits per heavy atom. The Morgan fingerprint density at radius 2 is 1.97 bits per heavy atom. The van der Waals surface area contributed by atoms with Gasteiger partial charge in [0.2, 0.25) is 0 Å². The number of aryl methyl sites for hydroxylation is 2. The van der Waals surface area contributed by atoms with Crippen LogP contribution in [0.1, 0.15) is 74.2 Å². The SMILES string of the molecule is CCC(C)(C)n1nnnc1[C@@H](c1cc2c(C)cc(C)cc2[nH]c1=O)N(Cc1ccc(Cl)cc1)C[C@@H]1CCCO1. The number of fused-ring (bicyclic) bond motifs is 1. The van der Waals surface area contributed by atoms with Crippen molar-refractivity contribution in [3.8, 4) is 0 Å². The Bertz CT molecular complexity index is 1500. The molecule has 0 aliphatic carbocycles. The third-order valence-corrected chi connectivity index (χ3v) is 8.19. The highest BCUT2D eigenvalue weighted by Gasteiger charge is 2.36. The summed E-state index contributed by atoms with van der Waals surface area (Å²) in [6.07, 6.45) is 2.89. The zero-order valence-electron chi connectivity index (χ0n) is 23.4. The first-order valence-electron chi connectivity index (χ1n) is 13.7. The number of rotatable bonds is 9. The van der Waals surface area contributed by atoms with Gasteiger partial charge in [0.1, 0.15) is 6.04 Å². The molecule has 1 saturated heterocycles. The van der Waals surface area contributed by atoms with Gasteiger partial charge in [-0.3, -0.25) is 9.69 Å². The largest absolute Gasteiger partial charge is 0.377 e. The Morgan fingerprint density at radius 3 is 2.67 bits per heavy atom. The Hall–Kier alpha value is -3.07. The molecule has 2 aromatic carbocycles. The molecule has 0 unspecified atom stereocenters. The summed E-state index contributed by atoms with van der Waals surface area (Å²) in [6, 6.07) is 13.5. The standard InChI is InChI=1S/C30H37ClN6O2/c1-6-30(4,5)37-28(33-34-35-37)27(25-16-24-20(3)14-19(2)15-26(24)32-29(25)38)36(18-23-8-7-13-39-23)17-21-9-11-22(31)12-10-21/h9-12,14-16,23,27H,6-8,13,17-18H2,1-5H3,(H,32,38)/t23-,27+/m0/s1. The highest BCUT2D eigenvalue weighted by molar-refractivity contribution is 6.30. The van der Waals surface area contributed by atoms with E-state index in [9.17, 15) is 4.79 Å². The molecular formula is C30H37ClN6O2. The van der Waals surface area contributed by atoms with Crippen LogP contribution in [-0.2, 0) is 16.8 Å². The number of ether oxygens (including phenoxy) is 1. The number of nitrogens with one attached hydrogen (secondary N) is 1. The van der Waals surface area contributed by atoms with Crippen molar-refractivity contribution < 1.29 is 4.74 Å². The molecule has 9 heteroatoms. The summed E-state index contributed by atoms with van der Waals surface area (Å²) in [6.45, 7) is 12.4. The zero-order valence-corrected chi connectivity index (χ0v) is 24.1. The Balaban J connectivity index is 1.72. The van der Waals surface area contributed by atoms with Crippen LogP contribution in [0.3, 0.4) is 0 Å². The van der Waals surface area contributed by atoms with Crippen LogP contribution in [0.25, 0.3) is 10.9 Å². The minimum absolute atomic E-state index is 0.0623. The Labute approximate surface area is 234 Å². The van der Waals surface area contributed by atoms with Gasteiger partial charge in [-0.25, -0.2) is 4.68 Å². The highest BCUT2D eigenvalue weighted by Crippen LogP contribution is 2.33. The molecule has 0 amide bonds. The quantitative estimate of drug-likeness (QED) is 0.288. The first-order chi connectivity index (χ1) is 18.7. The predicted octanol–water partition coefficient (Wildman–Crippen LogP) is 5.70. The number of hydrogen-bond acceptors (Lipinski definition) is 6. The molecule has 1 aliphatic heterocycles. The molecule has 2 atom stereocenters. The van der Waals surface area contributed by atoms with Crippen LogP contribution in [0.5, 0.6) is 0 Å². The molecule has 3 heterocycles. The van der Waals surface area contributed by atoms with E-state index in [2.05, 4.69) is 59.2 Å². The average Bonchev–Trinajstić information content (AvgIpc) is 3.59. The lowest BCUT2D eigenvalue weighted by Crippen LogP contribution is -2.41. The molecule has 0 spiro atoms. The summed E-state index contributed by atoms with van der Waals surface area (Å²) in [7, 11) is 0. The highest BCUT2D eigenvalue weighted by atomic mass is 35.5. The monoisotopic (exact) mass is 548 g/mol. The average molecular weight is 549 g/mol. The van der Waals surface area contributed by atoms with Crippen molar-refractivity contribution in [2.75, 3.05) is 13.2 Å². The molecule has 0 radical (unpaired) electrons. The van der Waals surface area contributed by atoms with E-state index in [1.807, 2.05) is 48.0 Å². The van der Waals surface area contributed by atoms with Crippen molar-refractivity contribution in [2.24, 2.45) is 0 Å². The van der Waals surface area contributed by atoms with Gasteiger partial charge in [0.05, 0.1) is 11.6 Å². The van der Waals surface area contributed by atoms with Crippen LogP contribution in [0, 0.1) is 13.8 Å².